The number of likely N-dealkylation sites (tertiary alicyclic amines) is 1. The zero-order chi connectivity index (χ0) is 20.2. The minimum absolute atomic E-state index is 0.0658. The first-order chi connectivity index (χ1) is 14.1. The Morgan fingerprint density at radius 1 is 1.24 bits per heavy atom. The maximum Gasteiger partial charge on any atom is 0.238 e. The van der Waals surface area contributed by atoms with Crippen molar-refractivity contribution in [2.75, 3.05) is 25.0 Å². The number of carbonyl (C=O) groups is 2. The Balaban J connectivity index is 1.35. The molecule has 2 aromatic rings. The highest BCUT2D eigenvalue weighted by molar-refractivity contribution is 8.01. The molecule has 3 heterocycles. The molecule has 1 aromatic heterocycles. The van der Waals surface area contributed by atoms with Crippen LogP contribution in [0.1, 0.15) is 37.1 Å². The number of nitrogens with one attached hydrogen (secondary N) is 2. The van der Waals surface area contributed by atoms with Crippen molar-refractivity contribution in [1.29, 1.82) is 0 Å². The summed E-state index contributed by atoms with van der Waals surface area (Å²) in [5, 5.41) is 7.72. The highest BCUT2D eigenvalue weighted by Crippen LogP contribution is 2.36. The van der Waals surface area contributed by atoms with Crippen LogP contribution in [0.4, 0.5) is 5.69 Å². The Morgan fingerprint density at radius 2 is 2.03 bits per heavy atom. The first-order valence-electron chi connectivity index (χ1n) is 10.2. The number of fused-ring (bicyclic) bond motifs is 1. The Labute approximate surface area is 180 Å². The number of hydrogen-bond acceptors (Lipinski definition) is 5. The lowest BCUT2D eigenvalue weighted by molar-refractivity contribution is -0.124. The molecule has 0 radical (unpaired) electrons. The van der Waals surface area contributed by atoms with Gasteiger partial charge in [0.2, 0.25) is 11.8 Å². The summed E-state index contributed by atoms with van der Waals surface area (Å²) in [4.78, 5) is 29.8. The summed E-state index contributed by atoms with van der Waals surface area (Å²) in [7, 11) is 0. The largest absolute Gasteiger partial charge is 0.354 e. The third-order valence-corrected chi connectivity index (χ3v) is 7.95. The van der Waals surface area contributed by atoms with E-state index in [2.05, 4.69) is 40.0 Å². The number of benzene rings is 1. The van der Waals surface area contributed by atoms with Crippen LogP contribution in [0.3, 0.4) is 0 Å². The lowest BCUT2D eigenvalue weighted by Crippen LogP contribution is -2.42. The van der Waals surface area contributed by atoms with E-state index in [1.54, 1.807) is 11.3 Å². The van der Waals surface area contributed by atoms with Crippen molar-refractivity contribution < 1.29 is 9.59 Å². The van der Waals surface area contributed by atoms with E-state index in [0.717, 1.165) is 29.6 Å². The molecule has 1 aromatic carbocycles. The third kappa shape index (κ3) is 5.02. The van der Waals surface area contributed by atoms with Crippen LogP contribution in [0, 0.1) is 5.92 Å². The molecule has 2 atom stereocenters. The Hall–Kier alpha value is -1.83. The zero-order valence-electron chi connectivity index (χ0n) is 16.6. The molecule has 5 nitrogen and oxygen atoms in total. The van der Waals surface area contributed by atoms with E-state index in [4.69, 9.17) is 0 Å². The van der Waals surface area contributed by atoms with Gasteiger partial charge in [-0.25, -0.2) is 0 Å². The van der Waals surface area contributed by atoms with Crippen LogP contribution in [-0.4, -0.2) is 41.6 Å². The molecule has 2 N–H and O–H groups in total. The first-order valence-corrected chi connectivity index (χ1v) is 12.0. The van der Waals surface area contributed by atoms with Gasteiger partial charge in [0, 0.05) is 22.7 Å². The van der Waals surface area contributed by atoms with Gasteiger partial charge in [-0.1, -0.05) is 25.1 Å². The van der Waals surface area contributed by atoms with E-state index >= 15 is 0 Å². The molecule has 29 heavy (non-hydrogen) atoms. The predicted molar refractivity (Wildman–Crippen MR) is 119 cm³/mol. The van der Waals surface area contributed by atoms with Crippen LogP contribution in [-0.2, 0) is 9.59 Å². The van der Waals surface area contributed by atoms with Gasteiger partial charge in [-0.2, -0.15) is 0 Å². The number of anilines is 1. The molecule has 0 bridgehead atoms. The Kier molecular flexibility index (Phi) is 6.57. The number of carbonyl (C=O) groups excluding carboxylic acids is 2. The van der Waals surface area contributed by atoms with Crippen LogP contribution < -0.4 is 10.6 Å². The van der Waals surface area contributed by atoms with Gasteiger partial charge in [-0.3, -0.25) is 14.5 Å². The van der Waals surface area contributed by atoms with E-state index in [1.807, 2.05) is 24.3 Å². The summed E-state index contributed by atoms with van der Waals surface area (Å²) in [6, 6.07) is 12.2. The number of piperidine rings is 1. The van der Waals surface area contributed by atoms with Crippen LogP contribution in [0.15, 0.2) is 46.7 Å². The van der Waals surface area contributed by atoms with Crippen LogP contribution >= 0.6 is 23.1 Å². The van der Waals surface area contributed by atoms with Gasteiger partial charge in [-0.15, -0.1) is 23.1 Å². The molecule has 0 spiro atoms. The van der Waals surface area contributed by atoms with Gasteiger partial charge in [-0.05, 0) is 55.4 Å². The van der Waals surface area contributed by atoms with Gasteiger partial charge in [0.15, 0.2) is 0 Å². The molecule has 1 saturated heterocycles. The zero-order valence-corrected chi connectivity index (χ0v) is 18.2. The molecule has 154 valence electrons. The molecule has 4 rings (SSSR count). The molecule has 7 heteroatoms. The molecule has 2 aliphatic heterocycles. The van der Waals surface area contributed by atoms with Gasteiger partial charge < -0.3 is 10.6 Å². The second-order valence-electron chi connectivity index (χ2n) is 7.85. The van der Waals surface area contributed by atoms with Gasteiger partial charge in [0.05, 0.1) is 17.0 Å². The smallest absolute Gasteiger partial charge is 0.238 e. The molecular weight excluding hydrogens is 402 g/mol. The van der Waals surface area contributed by atoms with Crippen molar-refractivity contribution in [2.45, 2.75) is 42.4 Å². The van der Waals surface area contributed by atoms with Crippen molar-refractivity contribution >= 4 is 40.6 Å². The average molecular weight is 430 g/mol. The van der Waals surface area contributed by atoms with E-state index in [9.17, 15) is 9.59 Å². The number of amides is 2. The van der Waals surface area contributed by atoms with E-state index in [0.29, 0.717) is 6.54 Å². The molecule has 0 aliphatic carbocycles. The monoisotopic (exact) mass is 429 g/mol. The van der Waals surface area contributed by atoms with Crippen LogP contribution in [0.25, 0.3) is 0 Å². The highest BCUT2D eigenvalue weighted by Gasteiger charge is 2.30. The third-order valence-electron chi connectivity index (χ3n) is 5.70. The van der Waals surface area contributed by atoms with Crippen molar-refractivity contribution in [2.24, 2.45) is 5.92 Å². The fourth-order valence-electron chi connectivity index (χ4n) is 3.91. The second-order valence-corrected chi connectivity index (χ2v) is 10.1. The minimum Gasteiger partial charge on any atom is -0.354 e. The van der Waals surface area contributed by atoms with E-state index in [-0.39, 0.29) is 29.5 Å². The number of para-hydroxylation sites is 1. The fourth-order valence-corrected chi connectivity index (χ4v) is 5.88. The number of rotatable bonds is 6. The standard InChI is InChI=1S/C22H27N3O2S2/c1-15-8-10-25(11-9-15)17(19-7-4-12-28-19)14-23-21(26)13-20-22(27)24-16-5-2-3-6-18(16)29-20/h2-7,12,15,17,20H,8-11,13-14H2,1H3,(H,23,26)(H,24,27)/t17-,20+/m1/s1. The van der Waals surface area contributed by atoms with Crippen molar-refractivity contribution in [1.82, 2.24) is 10.2 Å². The summed E-state index contributed by atoms with van der Waals surface area (Å²) >= 11 is 3.22. The van der Waals surface area contributed by atoms with Gasteiger partial charge >= 0.3 is 0 Å². The lowest BCUT2D eigenvalue weighted by atomic mass is 9.97. The maximum absolute atomic E-state index is 12.7. The summed E-state index contributed by atoms with van der Waals surface area (Å²) in [5.74, 6) is 0.613. The molecular formula is C22H27N3O2S2. The van der Waals surface area contributed by atoms with Gasteiger partial charge in [0.25, 0.3) is 0 Å². The van der Waals surface area contributed by atoms with Gasteiger partial charge in [0.1, 0.15) is 0 Å². The molecule has 0 unspecified atom stereocenters. The summed E-state index contributed by atoms with van der Waals surface area (Å²) in [5.41, 5.74) is 0.830. The number of nitrogens with zero attached hydrogens (tertiary/aromatic N) is 1. The topological polar surface area (TPSA) is 61.4 Å². The van der Waals surface area contributed by atoms with E-state index < -0.39 is 0 Å². The quantitative estimate of drug-likeness (QED) is 0.725. The predicted octanol–water partition coefficient (Wildman–Crippen LogP) is 4.14. The van der Waals surface area contributed by atoms with E-state index in [1.165, 1.54) is 29.5 Å². The highest BCUT2D eigenvalue weighted by atomic mass is 32.2. The Bertz CT molecular complexity index is 848. The summed E-state index contributed by atoms with van der Waals surface area (Å²) in [6.07, 6.45) is 2.60. The summed E-state index contributed by atoms with van der Waals surface area (Å²) < 4.78 is 0. The molecule has 2 amide bonds. The summed E-state index contributed by atoms with van der Waals surface area (Å²) in [6.45, 7) is 5.03. The number of hydrogen-bond donors (Lipinski definition) is 2. The van der Waals surface area contributed by atoms with Crippen LogP contribution in [0.5, 0.6) is 0 Å². The SMILES string of the molecule is CC1CCN([C@H](CNC(=O)C[C@@H]2Sc3ccccc3NC2=O)c2cccs2)CC1. The normalized spacial score (nSPS) is 21.3. The molecule has 0 saturated carbocycles. The van der Waals surface area contributed by atoms with Crippen molar-refractivity contribution in [3.05, 3.63) is 46.7 Å². The average Bonchev–Trinajstić information content (AvgIpc) is 3.24. The Morgan fingerprint density at radius 3 is 2.79 bits per heavy atom. The maximum atomic E-state index is 12.7. The molecule has 2 aliphatic rings. The fraction of sp³-hybridized carbons (Fsp3) is 0.455. The van der Waals surface area contributed by atoms with Crippen molar-refractivity contribution in [3.8, 4) is 0 Å². The first kappa shape index (κ1) is 20.4. The van der Waals surface area contributed by atoms with Crippen molar-refractivity contribution in [3.63, 3.8) is 0 Å². The second kappa shape index (κ2) is 9.32. The lowest BCUT2D eigenvalue weighted by Gasteiger charge is -2.36. The minimum atomic E-state index is -0.388. The number of thioether (sulfide) groups is 1. The number of thiophene rings is 1. The van der Waals surface area contributed by atoms with Crippen LogP contribution in [0.2, 0.25) is 0 Å². The molecule has 1 fully saturated rings.